The van der Waals surface area contributed by atoms with E-state index in [1.165, 1.54) is 11.8 Å². The van der Waals surface area contributed by atoms with Crippen molar-refractivity contribution < 1.29 is 14.7 Å². The van der Waals surface area contributed by atoms with Crippen molar-refractivity contribution in [2.45, 2.75) is 11.6 Å². The van der Waals surface area contributed by atoms with Crippen molar-refractivity contribution in [3.63, 3.8) is 0 Å². The fourth-order valence-electron chi connectivity index (χ4n) is 2.47. The number of anilines is 2. The lowest BCUT2D eigenvalue weighted by atomic mass is 10.1. The number of amides is 1. The van der Waals surface area contributed by atoms with Crippen LogP contribution in [-0.2, 0) is 11.2 Å². The third kappa shape index (κ3) is 3.72. The Hall–Kier alpha value is -3.20. The molecule has 26 heavy (non-hydrogen) atoms. The third-order valence-electron chi connectivity index (χ3n) is 3.56. The van der Waals surface area contributed by atoms with E-state index in [-0.39, 0.29) is 17.1 Å². The van der Waals surface area contributed by atoms with Crippen LogP contribution < -0.4 is 11.1 Å². The summed E-state index contributed by atoms with van der Waals surface area (Å²) >= 11 is 1.23. The predicted octanol–water partition coefficient (Wildman–Crippen LogP) is 2.22. The molecule has 132 valence electrons. The molecule has 8 nitrogen and oxygen atoms in total. The molecule has 0 aliphatic heterocycles. The van der Waals surface area contributed by atoms with Crippen molar-refractivity contribution >= 4 is 46.0 Å². The van der Waals surface area contributed by atoms with E-state index in [2.05, 4.69) is 20.3 Å². The highest BCUT2D eigenvalue weighted by Gasteiger charge is 2.21. The van der Waals surface area contributed by atoms with Crippen LogP contribution in [0.25, 0.3) is 10.9 Å². The van der Waals surface area contributed by atoms with Gasteiger partial charge in [-0.25, -0.2) is 9.97 Å². The second kappa shape index (κ2) is 7.36. The maximum absolute atomic E-state index is 11.9. The van der Waals surface area contributed by atoms with E-state index in [1.54, 1.807) is 12.5 Å². The molecule has 1 aromatic carbocycles. The minimum absolute atomic E-state index is 0.0432. The number of hydrogen-bond acceptors (Lipinski definition) is 7. The Kier molecular flexibility index (Phi) is 4.99. The molecule has 3 rings (SSSR count). The summed E-state index contributed by atoms with van der Waals surface area (Å²) in [5.41, 5.74) is 6.90. The van der Waals surface area contributed by atoms with Gasteiger partial charge in [0.1, 0.15) is 11.4 Å². The van der Waals surface area contributed by atoms with Gasteiger partial charge in [-0.2, -0.15) is 0 Å². The van der Waals surface area contributed by atoms with Crippen LogP contribution in [0.1, 0.15) is 16.1 Å². The molecule has 0 bridgehead atoms. The first-order valence-electron chi connectivity index (χ1n) is 7.56. The van der Waals surface area contributed by atoms with Gasteiger partial charge in [0.25, 0.3) is 5.91 Å². The second-order valence-corrected chi connectivity index (χ2v) is 6.13. The van der Waals surface area contributed by atoms with Gasteiger partial charge in [0.15, 0.2) is 5.16 Å². The zero-order chi connectivity index (χ0) is 18.7. The number of carbonyl (C=O) groups is 2. The number of nitrogens with one attached hydrogen (secondary N) is 1. The number of para-hydroxylation sites is 1. The van der Waals surface area contributed by atoms with Crippen LogP contribution in [-0.4, -0.2) is 38.2 Å². The Balaban J connectivity index is 2.09. The Bertz CT molecular complexity index is 1010. The lowest BCUT2D eigenvalue weighted by Crippen LogP contribution is -2.20. The Morgan fingerprint density at radius 1 is 1.27 bits per heavy atom. The van der Waals surface area contributed by atoms with Gasteiger partial charge in [0, 0.05) is 5.39 Å². The average molecular weight is 369 g/mol. The van der Waals surface area contributed by atoms with Crippen molar-refractivity contribution in [1.29, 1.82) is 0 Å². The van der Waals surface area contributed by atoms with E-state index in [0.29, 0.717) is 10.8 Å². The summed E-state index contributed by atoms with van der Waals surface area (Å²) in [7, 11) is 0. The van der Waals surface area contributed by atoms with Gasteiger partial charge in [-0.15, -0.1) is 0 Å². The number of rotatable bonds is 6. The fourth-order valence-corrected chi connectivity index (χ4v) is 2.86. The van der Waals surface area contributed by atoms with E-state index in [0.717, 1.165) is 10.9 Å². The summed E-state index contributed by atoms with van der Waals surface area (Å²) in [4.78, 5) is 35.8. The van der Waals surface area contributed by atoms with E-state index in [1.807, 2.05) is 30.3 Å². The zero-order valence-electron chi connectivity index (χ0n) is 13.8. The zero-order valence-corrected chi connectivity index (χ0v) is 14.6. The highest BCUT2D eigenvalue weighted by atomic mass is 32.2. The first-order chi connectivity index (χ1) is 12.5. The molecule has 4 N–H and O–H groups in total. The monoisotopic (exact) mass is 369 g/mol. The van der Waals surface area contributed by atoms with E-state index in [9.17, 15) is 9.59 Å². The normalized spacial score (nSPS) is 10.7. The number of aliphatic carboxylic acids is 1. The molecular formula is C17H15N5O3S. The van der Waals surface area contributed by atoms with Gasteiger partial charge in [-0.1, -0.05) is 30.0 Å². The number of fused-ring (bicyclic) bond motifs is 1. The van der Waals surface area contributed by atoms with Crippen molar-refractivity contribution in [2.24, 2.45) is 5.73 Å². The number of primary amides is 1. The molecule has 2 aromatic heterocycles. The molecule has 3 aromatic rings. The molecule has 0 spiro atoms. The van der Waals surface area contributed by atoms with Crippen LogP contribution in [0.5, 0.6) is 0 Å². The fraction of sp³-hybridized carbons (Fsp3) is 0.118. The second-order valence-electron chi connectivity index (χ2n) is 5.36. The number of hydrogen-bond donors (Lipinski definition) is 3. The van der Waals surface area contributed by atoms with E-state index >= 15 is 0 Å². The van der Waals surface area contributed by atoms with Crippen molar-refractivity contribution in [3.05, 3.63) is 47.8 Å². The number of carboxylic acid groups (broad SMARTS) is 1. The number of carboxylic acids is 1. The Morgan fingerprint density at radius 2 is 2.04 bits per heavy atom. The number of benzene rings is 1. The number of thioether (sulfide) groups is 1. The van der Waals surface area contributed by atoms with Crippen molar-refractivity contribution in [3.8, 4) is 0 Å². The highest BCUT2D eigenvalue weighted by Crippen LogP contribution is 2.25. The maximum Gasteiger partial charge on any atom is 0.309 e. The van der Waals surface area contributed by atoms with Crippen molar-refractivity contribution in [2.75, 3.05) is 11.6 Å². The molecule has 1 amide bonds. The van der Waals surface area contributed by atoms with Gasteiger partial charge in [-0.05, 0) is 18.4 Å². The number of nitrogens with two attached hydrogens (primary N) is 1. The number of nitrogens with zero attached hydrogens (tertiary/aromatic N) is 3. The Labute approximate surface area is 152 Å². The molecule has 0 saturated heterocycles. The summed E-state index contributed by atoms with van der Waals surface area (Å²) in [6.07, 6.45) is 2.93. The molecule has 0 fully saturated rings. The third-order valence-corrected chi connectivity index (χ3v) is 4.11. The minimum Gasteiger partial charge on any atom is -0.481 e. The van der Waals surface area contributed by atoms with Gasteiger partial charge in [-0.3, -0.25) is 14.6 Å². The maximum atomic E-state index is 11.9. The SMILES string of the molecule is CSc1nc(CC(=O)O)c(C(N)=O)c(Nc2cnc3ccccc3c2)n1. The summed E-state index contributed by atoms with van der Waals surface area (Å²) in [5, 5.41) is 13.3. The molecule has 2 heterocycles. The molecule has 0 saturated carbocycles. The summed E-state index contributed by atoms with van der Waals surface area (Å²) in [6.45, 7) is 0. The highest BCUT2D eigenvalue weighted by molar-refractivity contribution is 7.98. The predicted molar refractivity (Wildman–Crippen MR) is 98.7 cm³/mol. The molecule has 0 unspecified atom stereocenters. The molecule has 0 radical (unpaired) electrons. The van der Waals surface area contributed by atoms with Crippen LogP contribution in [0.2, 0.25) is 0 Å². The van der Waals surface area contributed by atoms with Gasteiger partial charge in [0.05, 0.1) is 29.5 Å². The smallest absolute Gasteiger partial charge is 0.309 e. The minimum atomic E-state index is -1.11. The lowest BCUT2D eigenvalue weighted by Gasteiger charge is -2.13. The van der Waals surface area contributed by atoms with E-state index < -0.39 is 18.3 Å². The molecule has 0 atom stereocenters. The quantitative estimate of drug-likeness (QED) is 0.445. The summed E-state index contributed by atoms with van der Waals surface area (Å²) in [5.74, 6) is -1.76. The van der Waals surface area contributed by atoms with Crippen LogP contribution in [0.15, 0.2) is 41.7 Å². The van der Waals surface area contributed by atoms with Crippen LogP contribution in [0, 0.1) is 0 Å². The van der Waals surface area contributed by atoms with Crippen LogP contribution in [0.4, 0.5) is 11.5 Å². The lowest BCUT2D eigenvalue weighted by molar-refractivity contribution is -0.136. The average Bonchev–Trinajstić information content (AvgIpc) is 2.60. The van der Waals surface area contributed by atoms with Crippen LogP contribution in [0.3, 0.4) is 0 Å². The standard InChI is InChI=1S/C17H15N5O3S/c1-26-17-21-12(7-13(23)24)14(15(18)25)16(22-17)20-10-6-9-4-2-3-5-11(9)19-8-10/h2-6,8H,7H2,1H3,(H2,18,25)(H,23,24)(H,20,21,22). The van der Waals surface area contributed by atoms with Crippen molar-refractivity contribution in [1.82, 2.24) is 15.0 Å². The Morgan fingerprint density at radius 3 is 2.73 bits per heavy atom. The molecule has 0 aliphatic rings. The largest absolute Gasteiger partial charge is 0.481 e. The molecular weight excluding hydrogens is 354 g/mol. The molecule has 0 aliphatic carbocycles. The van der Waals surface area contributed by atoms with Gasteiger partial charge < -0.3 is 16.2 Å². The summed E-state index contributed by atoms with van der Waals surface area (Å²) in [6, 6.07) is 9.43. The molecule has 9 heteroatoms. The first-order valence-corrected chi connectivity index (χ1v) is 8.78. The van der Waals surface area contributed by atoms with Crippen LogP contribution >= 0.6 is 11.8 Å². The van der Waals surface area contributed by atoms with Gasteiger partial charge in [0.2, 0.25) is 0 Å². The first kappa shape index (κ1) is 17.6. The number of pyridine rings is 1. The van der Waals surface area contributed by atoms with Gasteiger partial charge >= 0.3 is 5.97 Å². The number of carbonyl (C=O) groups excluding carboxylic acids is 1. The topological polar surface area (TPSA) is 131 Å². The van der Waals surface area contributed by atoms with E-state index in [4.69, 9.17) is 10.8 Å². The summed E-state index contributed by atoms with van der Waals surface area (Å²) < 4.78 is 0. The number of aromatic nitrogens is 3.